The van der Waals surface area contributed by atoms with Gasteiger partial charge in [0.1, 0.15) is 0 Å². The lowest BCUT2D eigenvalue weighted by Crippen LogP contribution is -2.43. The number of nitrogens with one attached hydrogen (secondary N) is 1. The van der Waals surface area contributed by atoms with Gasteiger partial charge in [0.2, 0.25) is 15.9 Å². The summed E-state index contributed by atoms with van der Waals surface area (Å²) in [7, 11) is -2.64. The second-order valence-electron chi connectivity index (χ2n) is 7.11. The highest BCUT2D eigenvalue weighted by Crippen LogP contribution is 2.26. The highest BCUT2D eigenvalue weighted by molar-refractivity contribution is 7.89. The van der Waals surface area contributed by atoms with Crippen LogP contribution in [0.25, 0.3) is 0 Å². The summed E-state index contributed by atoms with van der Waals surface area (Å²) in [5, 5.41) is 2.93. The van der Waals surface area contributed by atoms with Crippen molar-refractivity contribution in [2.24, 2.45) is 5.92 Å². The number of carbonyl (C=O) groups excluding carboxylic acids is 2. The Kier molecular flexibility index (Phi) is 7.22. The van der Waals surface area contributed by atoms with Crippen molar-refractivity contribution in [1.29, 1.82) is 0 Å². The van der Waals surface area contributed by atoms with Crippen LogP contribution in [0.3, 0.4) is 0 Å². The van der Waals surface area contributed by atoms with E-state index in [0.717, 1.165) is 13.0 Å². The van der Waals surface area contributed by atoms with Gasteiger partial charge < -0.3 is 14.6 Å². The smallest absolute Gasteiger partial charge is 0.339 e. The summed E-state index contributed by atoms with van der Waals surface area (Å²) in [6.07, 6.45) is 6.98. The average Bonchev–Trinajstić information content (AvgIpc) is 3.29. The van der Waals surface area contributed by atoms with Crippen LogP contribution in [-0.2, 0) is 26.1 Å². The maximum Gasteiger partial charge on any atom is 0.339 e. The summed E-state index contributed by atoms with van der Waals surface area (Å²) >= 11 is 0. The van der Waals surface area contributed by atoms with Crippen LogP contribution in [0.5, 0.6) is 0 Å². The first kappa shape index (κ1) is 22.0. The van der Waals surface area contributed by atoms with E-state index in [9.17, 15) is 18.0 Å². The number of methoxy groups -OCH3 is 1. The molecule has 0 spiro atoms. The zero-order chi connectivity index (χ0) is 21.6. The molecule has 1 aliphatic rings. The van der Waals surface area contributed by atoms with Crippen LogP contribution in [0.15, 0.2) is 47.9 Å². The van der Waals surface area contributed by atoms with Crippen molar-refractivity contribution in [3.63, 3.8) is 0 Å². The molecule has 1 aliphatic heterocycles. The largest absolute Gasteiger partial charge is 0.465 e. The third-order valence-electron chi connectivity index (χ3n) is 5.19. The molecule has 2 aromatic rings. The maximum absolute atomic E-state index is 13.0. The summed E-state index contributed by atoms with van der Waals surface area (Å²) in [6, 6.07) is 6.00. The molecule has 0 unspecified atom stereocenters. The fourth-order valence-corrected chi connectivity index (χ4v) is 5.15. The van der Waals surface area contributed by atoms with E-state index >= 15 is 0 Å². The van der Waals surface area contributed by atoms with Gasteiger partial charge in [-0.15, -0.1) is 0 Å². The molecular weight excluding hydrogens is 408 g/mol. The number of sulfonamides is 1. The minimum absolute atomic E-state index is 0.0118. The summed E-state index contributed by atoms with van der Waals surface area (Å²) in [5.41, 5.74) is 0.0118. The Morgan fingerprint density at radius 1 is 1.23 bits per heavy atom. The molecule has 0 radical (unpaired) electrons. The standard InChI is InChI=1S/C20H26N4O5S/c1-29-20(26)17-5-2-3-6-18(17)30(27,28)24-12-7-16(8-13-24)19(25)22-9-4-11-23-14-10-21-15-23/h2-3,5-6,10,14-16H,4,7-9,11-13H2,1H3,(H,22,25). The number of carbonyl (C=O) groups is 2. The Balaban J connectivity index is 1.53. The highest BCUT2D eigenvalue weighted by atomic mass is 32.2. The molecule has 0 saturated carbocycles. The molecule has 1 fully saturated rings. The molecule has 0 bridgehead atoms. The Labute approximate surface area is 176 Å². The van der Waals surface area contributed by atoms with Crippen LogP contribution < -0.4 is 5.32 Å². The molecule has 0 atom stereocenters. The van der Waals surface area contributed by atoms with Crippen molar-refractivity contribution in [2.75, 3.05) is 26.7 Å². The number of aromatic nitrogens is 2. The van der Waals surface area contributed by atoms with Gasteiger partial charge in [0.25, 0.3) is 0 Å². The summed E-state index contributed by atoms with van der Waals surface area (Å²) < 4.78 is 34.1. The first-order chi connectivity index (χ1) is 14.4. The van der Waals surface area contributed by atoms with Gasteiger partial charge in [0.15, 0.2) is 0 Å². The lowest BCUT2D eigenvalue weighted by molar-refractivity contribution is -0.126. The fraction of sp³-hybridized carbons (Fsp3) is 0.450. The average molecular weight is 435 g/mol. The van der Waals surface area contributed by atoms with Crippen LogP contribution in [-0.4, -0.2) is 60.9 Å². The highest BCUT2D eigenvalue weighted by Gasteiger charge is 2.34. The summed E-state index contributed by atoms with van der Waals surface area (Å²) in [6.45, 7) is 1.79. The number of rotatable bonds is 8. The Hall–Kier alpha value is -2.72. The predicted octanol–water partition coefficient (Wildman–Crippen LogP) is 1.28. The normalized spacial score (nSPS) is 15.6. The van der Waals surface area contributed by atoms with E-state index in [4.69, 9.17) is 4.74 Å². The minimum Gasteiger partial charge on any atom is -0.465 e. The van der Waals surface area contributed by atoms with E-state index in [-0.39, 0.29) is 35.4 Å². The second-order valence-corrected chi connectivity index (χ2v) is 9.02. The molecule has 162 valence electrons. The van der Waals surface area contributed by atoms with Gasteiger partial charge in [-0.25, -0.2) is 18.2 Å². The van der Waals surface area contributed by atoms with Crippen molar-refractivity contribution in [3.05, 3.63) is 48.5 Å². The minimum atomic E-state index is -3.85. The second kappa shape index (κ2) is 9.86. The number of amides is 1. The molecule has 2 heterocycles. The van der Waals surface area contributed by atoms with Crippen molar-refractivity contribution < 1.29 is 22.7 Å². The first-order valence-electron chi connectivity index (χ1n) is 9.84. The van der Waals surface area contributed by atoms with Gasteiger partial charge in [0.05, 0.1) is 23.9 Å². The van der Waals surface area contributed by atoms with Crippen molar-refractivity contribution in [3.8, 4) is 0 Å². The summed E-state index contributed by atoms with van der Waals surface area (Å²) in [5.74, 6) is -0.965. The molecular formula is C20H26N4O5S. The molecule has 30 heavy (non-hydrogen) atoms. The first-order valence-corrected chi connectivity index (χ1v) is 11.3. The molecule has 1 saturated heterocycles. The Morgan fingerprint density at radius 3 is 2.63 bits per heavy atom. The topological polar surface area (TPSA) is 111 Å². The van der Waals surface area contributed by atoms with Crippen LogP contribution in [0.2, 0.25) is 0 Å². The van der Waals surface area contributed by atoms with E-state index in [2.05, 4.69) is 10.3 Å². The number of benzene rings is 1. The zero-order valence-corrected chi connectivity index (χ0v) is 17.7. The number of esters is 1. The molecule has 10 heteroatoms. The lowest BCUT2D eigenvalue weighted by Gasteiger charge is -2.31. The van der Waals surface area contributed by atoms with Crippen LogP contribution in [0.1, 0.15) is 29.6 Å². The van der Waals surface area contributed by atoms with Crippen LogP contribution >= 0.6 is 0 Å². The fourth-order valence-electron chi connectivity index (χ4n) is 3.50. The van der Waals surface area contributed by atoms with E-state index in [1.165, 1.54) is 23.5 Å². The SMILES string of the molecule is COC(=O)c1ccccc1S(=O)(=O)N1CCC(C(=O)NCCCn2ccnc2)CC1. The Bertz CT molecular complexity index is 967. The number of nitrogens with zero attached hydrogens (tertiary/aromatic N) is 3. The van der Waals surface area contributed by atoms with E-state index in [0.29, 0.717) is 19.4 Å². The van der Waals surface area contributed by atoms with E-state index < -0.39 is 16.0 Å². The van der Waals surface area contributed by atoms with Crippen molar-refractivity contribution >= 4 is 21.9 Å². The molecule has 1 N–H and O–H groups in total. The van der Waals surface area contributed by atoms with Crippen LogP contribution in [0.4, 0.5) is 0 Å². The number of ether oxygens (including phenoxy) is 1. The lowest BCUT2D eigenvalue weighted by atomic mass is 9.97. The maximum atomic E-state index is 13.0. The van der Waals surface area contributed by atoms with Crippen molar-refractivity contribution in [1.82, 2.24) is 19.2 Å². The van der Waals surface area contributed by atoms with E-state index in [1.807, 2.05) is 10.8 Å². The number of hydrogen-bond donors (Lipinski definition) is 1. The Morgan fingerprint density at radius 2 is 1.97 bits per heavy atom. The van der Waals surface area contributed by atoms with Gasteiger partial charge in [-0.05, 0) is 31.4 Å². The third-order valence-corrected chi connectivity index (χ3v) is 7.14. The van der Waals surface area contributed by atoms with Gasteiger partial charge in [-0.1, -0.05) is 12.1 Å². The van der Waals surface area contributed by atoms with Gasteiger partial charge in [0, 0.05) is 44.5 Å². The molecule has 9 nitrogen and oxygen atoms in total. The van der Waals surface area contributed by atoms with Gasteiger partial charge in [-0.3, -0.25) is 4.79 Å². The van der Waals surface area contributed by atoms with Gasteiger partial charge >= 0.3 is 5.97 Å². The quantitative estimate of drug-likeness (QED) is 0.495. The monoisotopic (exact) mass is 434 g/mol. The number of imidazole rings is 1. The van der Waals surface area contributed by atoms with Gasteiger partial charge in [-0.2, -0.15) is 4.31 Å². The summed E-state index contributed by atoms with van der Waals surface area (Å²) in [4.78, 5) is 28.3. The number of aryl methyl sites for hydroxylation is 1. The molecule has 1 aromatic heterocycles. The van der Waals surface area contributed by atoms with Crippen LogP contribution in [0, 0.1) is 5.92 Å². The molecule has 1 aromatic carbocycles. The predicted molar refractivity (Wildman–Crippen MR) is 109 cm³/mol. The number of piperidine rings is 1. The third kappa shape index (κ3) is 5.06. The zero-order valence-electron chi connectivity index (χ0n) is 16.9. The van der Waals surface area contributed by atoms with Crippen molar-refractivity contribution in [2.45, 2.75) is 30.7 Å². The molecule has 3 rings (SSSR count). The van der Waals surface area contributed by atoms with E-state index in [1.54, 1.807) is 24.7 Å². The molecule has 0 aliphatic carbocycles. The number of hydrogen-bond acceptors (Lipinski definition) is 6. The molecule has 1 amide bonds.